The highest BCUT2D eigenvalue weighted by Gasteiger charge is 2.34. The van der Waals surface area contributed by atoms with E-state index in [9.17, 15) is 34.2 Å². The minimum Gasteiger partial charge on any atom is -0.508 e. The third-order valence-corrected chi connectivity index (χ3v) is 6.58. The predicted molar refractivity (Wildman–Crippen MR) is 139 cm³/mol. The number of carboxylic acids is 2. The number of rotatable bonds is 16. The zero-order valence-corrected chi connectivity index (χ0v) is 22.3. The van der Waals surface area contributed by atoms with Gasteiger partial charge in [-0.2, -0.15) is 0 Å². The van der Waals surface area contributed by atoms with Crippen molar-refractivity contribution in [2.45, 2.75) is 84.0 Å². The second-order valence-electron chi connectivity index (χ2n) is 9.55. The van der Waals surface area contributed by atoms with Crippen LogP contribution in [0.3, 0.4) is 0 Å². The van der Waals surface area contributed by atoms with Gasteiger partial charge in [0.2, 0.25) is 17.7 Å². The molecule has 0 radical (unpaired) electrons. The lowest BCUT2D eigenvalue weighted by Crippen LogP contribution is -2.59. The summed E-state index contributed by atoms with van der Waals surface area (Å²) in [5.41, 5.74) is 6.66. The zero-order valence-electron chi connectivity index (χ0n) is 22.3. The molecular formula is C26H40N4O8. The number of nitrogens with two attached hydrogens (primary N) is 1. The number of benzene rings is 1. The minimum absolute atomic E-state index is 0.0518. The molecular weight excluding hydrogens is 496 g/mol. The molecule has 1 aromatic rings. The SMILES string of the molecule is CCC(C)C(NC(=O)C(NC(=O)C(CCC(=O)O)NC(=O)C(N)Cc1ccc(O)cc1)C(C)CC)C(=O)O. The highest BCUT2D eigenvalue weighted by atomic mass is 16.4. The van der Waals surface area contributed by atoms with Crippen molar-refractivity contribution in [2.75, 3.05) is 0 Å². The Balaban J connectivity index is 3.04. The number of nitrogens with one attached hydrogen (secondary N) is 3. The molecule has 0 saturated heterocycles. The summed E-state index contributed by atoms with van der Waals surface area (Å²) in [4.78, 5) is 61.8. The van der Waals surface area contributed by atoms with Gasteiger partial charge in [-0.1, -0.05) is 52.7 Å². The van der Waals surface area contributed by atoms with Gasteiger partial charge in [0.05, 0.1) is 6.04 Å². The standard InChI is InChI=1S/C26H40N4O8/c1-5-14(3)21(25(36)30-22(26(37)38)15(4)6-2)29-24(35)19(11-12-20(32)33)28-23(34)18(27)13-16-7-9-17(31)10-8-16/h7-10,14-15,18-19,21-22,31H,5-6,11-13,27H2,1-4H3,(H,28,34)(H,29,35)(H,30,36)(H,32,33)(H,37,38). The van der Waals surface area contributed by atoms with E-state index in [0.29, 0.717) is 18.4 Å². The van der Waals surface area contributed by atoms with E-state index in [0.717, 1.165) is 0 Å². The number of carbonyl (C=O) groups is 5. The fourth-order valence-electron chi connectivity index (χ4n) is 3.68. The minimum atomic E-state index is -1.30. The van der Waals surface area contributed by atoms with E-state index in [1.807, 2.05) is 0 Å². The van der Waals surface area contributed by atoms with Gasteiger partial charge in [-0.25, -0.2) is 4.79 Å². The summed E-state index contributed by atoms with van der Waals surface area (Å²) in [6, 6.07) is 1.43. The largest absolute Gasteiger partial charge is 0.508 e. The number of phenolic OH excluding ortho intramolecular Hbond substituents is 1. The van der Waals surface area contributed by atoms with Crippen LogP contribution in [0, 0.1) is 11.8 Å². The molecule has 0 aromatic heterocycles. The number of carboxylic acid groups (broad SMARTS) is 2. The average Bonchev–Trinajstić information content (AvgIpc) is 2.87. The highest BCUT2D eigenvalue weighted by Crippen LogP contribution is 2.14. The van der Waals surface area contributed by atoms with E-state index in [2.05, 4.69) is 16.0 Å². The van der Waals surface area contributed by atoms with Crippen LogP contribution in [0.25, 0.3) is 0 Å². The first-order valence-electron chi connectivity index (χ1n) is 12.7. The molecule has 12 nitrogen and oxygen atoms in total. The van der Waals surface area contributed by atoms with Crippen LogP contribution in [0.2, 0.25) is 0 Å². The molecule has 0 fully saturated rings. The van der Waals surface area contributed by atoms with Crippen molar-refractivity contribution in [3.63, 3.8) is 0 Å². The molecule has 6 atom stereocenters. The molecule has 0 aliphatic carbocycles. The van der Waals surface area contributed by atoms with Gasteiger partial charge in [-0.15, -0.1) is 0 Å². The summed E-state index contributed by atoms with van der Waals surface area (Å²) in [5.74, 6) is -5.25. The number of amides is 3. The van der Waals surface area contributed by atoms with E-state index in [1.165, 1.54) is 12.1 Å². The third-order valence-electron chi connectivity index (χ3n) is 6.58. The van der Waals surface area contributed by atoms with Crippen molar-refractivity contribution >= 4 is 29.7 Å². The second kappa shape index (κ2) is 15.6. The number of hydrogen-bond donors (Lipinski definition) is 7. The number of carbonyl (C=O) groups excluding carboxylic acids is 3. The Kier molecular flexibility index (Phi) is 13.2. The molecule has 3 amide bonds. The Labute approximate surface area is 222 Å². The summed E-state index contributed by atoms with van der Waals surface area (Å²) in [5, 5.41) is 35.6. The molecule has 6 unspecified atom stereocenters. The van der Waals surface area contributed by atoms with E-state index in [4.69, 9.17) is 10.8 Å². The Morgan fingerprint density at radius 1 is 0.816 bits per heavy atom. The summed E-state index contributed by atoms with van der Waals surface area (Å²) in [7, 11) is 0. The molecule has 0 aliphatic heterocycles. The molecule has 0 bridgehead atoms. The molecule has 8 N–H and O–H groups in total. The maximum atomic E-state index is 13.2. The van der Waals surface area contributed by atoms with Gasteiger partial charge >= 0.3 is 11.9 Å². The molecule has 1 rings (SSSR count). The number of aromatic hydroxyl groups is 1. The first-order chi connectivity index (χ1) is 17.8. The summed E-state index contributed by atoms with van der Waals surface area (Å²) in [6.45, 7) is 6.99. The average molecular weight is 537 g/mol. The van der Waals surface area contributed by atoms with Crippen LogP contribution in [0.1, 0.15) is 58.9 Å². The molecule has 0 aliphatic rings. The maximum Gasteiger partial charge on any atom is 0.326 e. The first kappa shape index (κ1) is 32.4. The molecule has 0 saturated carbocycles. The number of phenols is 1. The van der Waals surface area contributed by atoms with Crippen molar-refractivity contribution in [2.24, 2.45) is 17.6 Å². The van der Waals surface area contributed by atoms with Crippen molar-refractivity contribution < 1.29 is 39.3 Å². The normalized spacial score (nSPS) is 15.7. The van der Waals surface area contributed by atoms with Gasteiger partial charge in [-0.3, -0.25) is 19.2 Å². The first-order valence-corrected chi connectivity index (χ1v) is 12.7. The van der Waals surface area contributed by atoms with Crippen LogP contribution in [-0.4, -0.2) is 69.1 Å². The van der Waals surface area contributed by atoms with Crippen LogP contribution in [0.4, 0.5) is 0 Å². The van der Waals surface area contributed by atoms with E-state index >= 15 is 0 Å². The van der Waals surface area contributed by atoms with Crippen molar-refractivity contribution in [3.05, 3.63) is 29.8 Å². The Hall–Kier alpha value is -3.67. The summed E-state index contributed by atoms with van der Waals surface area (Å²) >= 11 is 0. The molecule has 0 spiro atoms. The van der Waals surface area contributed by atoms with Gasteiger partial charge in [0.25, 0.3) is 0 Å². The lowest BCUT2D eigenvalue weighted by Gasteiger charge is -2.29. The van der Waals surface area contributed by atoms with Crippen molar-refractivity contribution in [3.8, 4) is 5.75 Å². The molecule has 1 aromatic carbocycles. The summed E-state index contributed by atoms with van der Waals surface area (Å²) in [6.07, 6.45) is 0.400. The molecule has 212 valence electrons. The lowest BCUT2D eigenvalue weighted by atomic mass is 9.95. The van der Waals surface area contributed by atoms with Crippen LogP contribution in [-0.2, 0) is 30.4 Å². The predicted octanol–water partition coefficient (Wildman–Crippen LogP) is 0.758. The Bertz CT molecular complexity index is 968. The van der Waals surface area contributed by atoms with Gasteiger partial charge in [0.15, 0.2) is 0 Å². The molecule has 0 heterocycles. The third kappa shape index (κ3) is 10.4. The molecule has 38 heavy (non-hydrogen) atoms. The quantitative estimate of drug-likeness (QED) is 0.159. The number of hydrogen-bond acceptors (Lipinski definition) is 7. The van der Waals surface area contributed by atoms with Crippen molar-refractivity contribution in [1.29, 1.82) is 0 Å². The monoisotopic (exact) mass is 536 g/mol. The smallest absolute Gasteiger partial charge is 0.326 e. The summed E-state index contributed by atoms with van der Waals surface area (Å²) < 4.78 is 0. The fraction of sp³-hybridized carbons (Fsp3) is 0.577. The fourth-order valence-corrected chi connectivity index (χ4v) is 3.68. The van der Waals surface area contributed by atoms with Crippen molar-refractivity contribution in [1.82, 2.24) is 16.0 Å². The Morgan fingerprint density at radius 3 is 1.84 bits per heavy atom. The highest BCUT2D eigenvalue weighted by molar-refractivity contribution is 5.94. The van der Waals surface area contributed by atoms with E-state index < -0.39 is 66.2 Å². The van der Waals surface area contributed by atoms with Gasteiger partial charge in [0, 0.05) is 6.42 Å². The van der Waals surface area contributed by atoms with Crippen LogP contribution >= 0.6 is 0 Å². The van der Waals surface area contributed by atoms with E-state index in [1.54, 1.807) is 39.8 Å². The Morgan fingerprint density at radius 2 is 1.34 bits per heavy atom. The second-order valence-corrected chi connectivity index (χ2v) is 9.55. The topological polar surface area (TPSA) is 208 Å². The van der Waals surface area contributed by atoms with E-state index in [-0.39, 0.29) is 24.5 Å². The number of aliphatic carboxylic acids is 2. The maximum absolute atomic E-state index is 13.2. The van der Waals surface area contributed by atoms with Crippen LogP contribution in [0.5, 0.6) is 5.75 Å². The van der Waals surface area contributed by atoms with Gasteiger partial charge in [0.1, 0.15) is 23.9 Å². The van der Waals surface area contributed by atoms with Gasteiger partial charge in [-0.05, 0) is 42.4 Å². The van der Waals surface area contributed by atoms with Crippen LogP contribution < -0.4 is 21.7 Å². The van der Waals surface area contributed by atoms with Gasteiger partial charge < -0.3 is 37.0 Å². The molecule has 12 heteroatoms. The lowest BCUT2D eigenvalue weighted by molar-refractivity contribution is -0.144. The van der Waals surface area contributed by atoms with Crippen LogP contribution in [0.15, 0.2) is 24.3 Å². The zero-order chi connectivity index (χ0) is 29.0.